The number of nitro groups is 1. The molecule has 0 bridgehead atoms. The molecule has 0 spiro atoms. The Kier molecular flexibility index (Phi) is 4.66. The Morgan fingerprint density at radius 3 is 2.09 bits per heavy atom. The van der Waals surface area contributed by atoms with Gasteiger partial charge in [-0.25, -0.2) is 0 Å². The molecule has 2 saturated heterocycles. The zero-order valence-corrected chi connectivity index (χ0v) is 12.9. The van der Waals surface area contributed by atoms with Gasteiger partial charge in [0.25, 0.3) is 5.69 Å². The topological polar surface area (TPSA) is 68.1 Å². The van der Waals surface area contributed by atoms with E-state index >= 15 is 0 Å². The van der Waals surface area contributed by atoms with Gasteiger partial charge in [-0.3, -0.25) is 10.1 Å². The number of rotatable bonds is 3. The number of anilines is 2. The Morgan fingerprint density at radius 1 is 1.00 bits per heavy atom. The molecule has 2 fully saturated rings. The lowest BCUT2D eigenvalue weighted by Gasteiger charge is -2.33. The van der Waals surface area contributed by atoms with E-state index in [9.17, 15) is 10.1 Å². The summed E-state index contributed by atoms with van der Waals surface area (Å²) >= 11 is 6.56. The van der Waals surface area contributed by atoms with E-state index < -0.39 is 0 Å². The van der Waals surface area contributed by atoms with Crippen molar-refractivity contribution >= 4 is 28.7 Å². The largest absolute Gasteiger partial charge is 0.378 e. The minimum absolute atomic E-state index is 0.0453. The fraction of sp³-hybridized carbons (Fsp3) is 0.571. The molecule has 7 nitrogen and oxygen atoms in total. The molecule has 3 rings (SSSR count). The number of hydrogen-bond acceptors (Lipinski definition) is 6. The maximum Gasteiger partial charge on any atom is 0.294 e. The molecule has 1 aromatic rings. The SMILES string of the molecule is O=[N+]([O-])c1ccc(N2CCOCC2)c(Cl)c1N1CCOCC1. The average Bonchev–Trinajstić information content (AvgIpc) is 2.56. The van der Waals surface area contributed by atoms with Gasteiger partial charge >= 0.3 is 0 Å². The molecule has 0 radical (unpaired) electrons. The van der Waals surface area contributed by atoms with E-state index in [0.717, 1.165) is 18.8 Å². The van der Waals surface area contributed by atoms with Crippen molar-refractivity contribution < 1.29 is 14.4 Å². The lowest BCUT2D eigenvalue weighted by molar-refractivity contribution is -0.384. The minimum Gasteiger partial charge on any atom is -0.378 e. The molecule has 2 aliphatic heterocycles. The standard InChI is InChI=1S/C14H18ClN3O4/c15-13-11(16-3-7-21-8-4-16)1-2-12(18(19)20)14(13)17-5-9-22-10-6-17/h1-2H,3-10H2. The van der Waals surface area contributed by atoms with Crippen molar-refractivity contribution in [1.29, 1.82) is 0 Å². The molecule has 22 heavy (non-hydrogen) atoms. The summed E-state index contributed by atoms with van der Waals surface area (Å²) in [5.41, 5.74) is 1.37. The number of nitro benzene ring substituents is 1. The molecule has 0 aromatic heterocycles. The highest BCUT2D eigenvalue weighted by atomic mass is 35.5. The van der Waals surface area contributed by atoms with Gasteiger partial charge in [-0.1, -0.05) is 11.6 Å². The van der Waals surface area contributed by atoms with Crippen LogP contribution in [-0.4, -0.2) is 57.5 Å². The van der Waals surface area contributed by atoms with Crippen molar-refractivity contribution in [2.24, 2.45) is 0 Å². The zero-order valence-electron chi connectivity index (χ0n) is 12.2. The number of morpholine rings is 2. The van der Waals surface area contributed by atoms with Crippen LogP contribution in [0.3, 0.4) is 0 Å². The third-order valence-electron chi connectivity index (χ3n) is 3.95. The summed E-state index contributed by atoms with van der Waals surface area (Å²) in [5.74, 6) is 0. The van der Waals surface area contributed by atoms with E-state index in [1.165, 1.54) is 0 Å². The first-order valence-electron chi connectivity index (χ1n) is 7.31. The van der Waals surface area contributed by atoms with Crippen molar-refractivity contribution in [3.63, 3.8) is 0 Å². The molecule has 120 valence electrons. The fourth-order valence-corrected chi connectivity index (χ4v) is 3.23. The first-order chi connectivity index (χ1) is 10.7. The smallest absolute Gasteiger partial charge is 0.294 e. The summed E-state index contributed by atoms with van der Waals surface area (Å²) in [6.07, 6.45) is 0. The van der Waals surface area contributed by atoms with Crippen LogP contribution in [0.5, 0.6) is 0 Å². The number of benzene rings is 1. The lowest BCUT2D eigenvalue weighted by atomic mass is 10.2. The van der Waals surface area contributed by atoms with Gasteiger partial charge in [0.1, 0.15) is 5.69 Å². The van der Waals surface area contributed by atoms with E-state index in [1.54, 1.807) is 12.1 Å². The first kappa shape index (κ1) is 15.3. The van der Waals surface area contributed by atoms with Gasteiger partial charge in [-0.2, -0.15) is 0 Å². The third kappa shape index (κ3) is 2.97. The van der Waals surface area contributed by atoms with E-state index in [1.807, 2.05) is 4.90 Å². The number of ether oxygens (including phenoxy) is 2. The fourth-order valence-electron chi connectivity index (χ4n) is 2.83. The van der Waals surface area contributed by atoms with Gasteiger partial charge in [-0.05, 0) is 6.07 Å². The van der Waals surface area contributed by atoms with Crippen LogP contribution in [0.1, 0.15) is 0 Å². The van der Waals surface area contributed by atoms with Crippen molar-refractivity contribution in [2.45, 2.75) is 0 Å². The number of halogens is 1. The molecular formula is C14H18ClN3O4. The second-order valence-corrected chi connectivity index (χ2v) is 5.60. The summed E-state index contributed by atoms with van der Waals surface area (Å²) in [7, 11) is 0. The van der Waals surface area contributed by atoms with Crippen molar-refractivity contribution in [2.75, 3.05) is 62.4 Å². The van der Waals surface area contributed by atoms with Gasteiger partial charge < -0.3 is 19.3 Å². The summed E-state index contributed by atoms with van der Waals surface area (Å²) in [5, 5.41) is 11.8. The van der Waals surface area contributed by atoms with Crippen LogP contribution in [0, 0.1) is 10.1 Å². The maximum atomic E-state index is 11.4. The Balaban J connectivity index is 2.00. The Morgan fingerprint density at radius 2 is 1.55 bits per heavy atom. The molecule has 0 N–H and O–H groups in total. The quantitative estimate of drug-likeness (QED) is 0.624. The summed E-state index contributed by atoms with van der Waals surface area (Å²) in [4.78, 5) is 15.0. The maximum absolute atomic E-state index is 11.4. The van der Waals surface area contributed by atoms with Crippen molar-refractivity contribution in [1.82, 2.24) is 0 Å². The third-order valence-corrected chi connectivity index (χ3v) is 4.32. The van der Waals surface area contributed by atoms with Crippen LogP contribution in [0.15, 0.2) is 12.1 Å². The highest BCUT2D eigenvalue weighted by molar-refractivity contribution is 6.36. The molecule has 2 aliphatic rings. The minimum atomic E-state index is -0.375. The normalized spacial score (nSPS) is 19.3. The van der Waals surface area contributed by atoms with Gasteiger partial charge in [-0.15, -0.1) is 0 Å². The molecule has 0 unspecified atom stereocenters. The lowest BCUT2D eigenvalue weighted by Crippen LogP contribution is -2.38. The molecule has 2 heterocycles. The second kappa shape index (κ2) is 6.68. The highest BCUT2D eigenvalue weighted by Crippen LogP contribution is 2.42. The van der Waals surface area contributed by atoms with Crippen LogP contribution in [0.2, 0.25) is 5.02 Å². The molecule has 8 heteroatoms. The van der Waals surface area contributed by atoms with Crippen LogP contribution in [0.25, 0.3) is 0 Å². The Hall–Kier alpha value is -1.57. The van der Waals surface area contributed by atoms with E-state index in [-0.39, 0.29) is 10.6 Å². The molecular weight excluding hydrogens is 310 g/mol. The summed E-state index contributed by atoms with van der Waals surface area (Å²) in [6.45, 7) is 5.06. The van der Waals surface area contributed by atoms with E-state index in [4.69, 9.17) is 21.1 Å². The first-order valence-corrected chi connectivity index (χ1v) is 7.68. The molecule has 0 atom stereocenters. The van der Waals surface area contributed by atoms with Gasteiger partial charge in [0, 0.05) is 32.2 Å². The van der Waals surface area contributed by atoms with Gasteiger partial charge in [0.2, 0.25) is 0 Å². The molecule has 0 saturated carbocycles. The predicted octanol–water partition coefficient (Wildman–Crippen LogP) is 1.92. The Labute approximate surface area is 133 Å². The molecule has 1 aromatic carbocycles. The van der Waals surface area contributed by atoms with E-state index in [2.05, 4.69) is 4.90 Å². The highest BCUT2D eigenvalue weighted by Gasteiger charge is 2.28. The molecule has 0 amide bonds. The zero-order chi connectivity index (χ0) is 15.5. The number of hydrogen-bond donors (Lipinski definition) is 0. The van der Waals surface area contributed by atoms with Gasteiger partial charge in [0.15, 0.2) is 0 Å². The van der Waals surface area contributed by atoms with E-state index in [0.29, 0.717) is 50.2 Å². The van der Waals surface area contributed by atoms with Crippen LogP contribution >= 0.6 is 11.6 Å². The monoisotopic (exact) mass is 327 g/mol. The van der Waals surface area contributed by atoms with Crippen LogP contribution in [-0.2, 0) is 9.47 Å². The van der Waals surface area contributed by atoms with Crippen LogP contribution < -0.4 is 9.80 Å². The average molecular weight is 328 g/mol. The summed E-state index contributed by atoms with van der Waals surface area (Å²) in [6, 6.07) is 3.28. The van der Waals surface area contributed by atoms with Crippen molar-refractivity contribution in [3.05, 3.63) is 27.3 Å². The number of nitrogens with zero attached hydrogens (tertiary/aromatic N) is 3. The predicted molar refractivity (Wildman–Crippen MR) is 84.2 cm³/mol. The summed E-state index contributed by atoms with van der Waals surface area (Å²) < 4.78 is 10.7. The Bertz CT molecular complexity index is 557. The van der Waals surface area contributed by atoms with Crippen molar-refractivity contribution in [3.8, 4) is 0 Å². The second-order valence-electron chi connectivity index (χ2n) is 5.22. The molecule has 0 aliphatic carbocycles. The van der Waals surface area contributed by atoms with Crippen LogP contribution in [0.4, 0.5) is 17.1 Å². The van der Waals surface area contributed by atoms with Gasteiger partial charge in [0.05, 0.1) is 42.1 Å².